The molecule has 0 spiro atoms. The molecule has 2 aromatic rings. The van der Waals surface area contributed by atoms with E-state index in [0.29, 0.717) is 5.56 Å². The third-order valence-electron chi connectivity index (χ3n) is 2.67. The van der Waals surface area contributed by atoms with Crippen LogP contribution in [0.5, 0.6) is 0 Å². The molecule has 1 aromatic heterocycles. The van der Waals surface area contributed by atoms with Gasteiger partial charge in [0.05, 0.1) is 5.56 Å². The molecule has 3 heteroatoms. The van der Waals surface area contributed by atoms with Gasteiger partial charge in [-0.1, -0.05) is 18.2 Å². The van der Waals surface area contributed by atoms with Crippen LogP contribution < -0.4 is 0 Å². The van der Waals surface area contributed by atoms with Crippen LogP contribution in [0.3, 0.4) is 0 Å². The van der Waals surface area contributed by atoms with Gasteiger partial charge in [0.15, 0.2) is 0 Å². The highest BCUT2D eigenvalue weighted by atomic mass is 16.4. The number of aromatic nitrogens is 1. The fraction of sp³-hybridized carbons (Fsp3) is 0.143. The van der Waals surface area contributed by atoms with Crippen molar-refractivity contribution in [1.29, 1.82) is 0 Å². The summed E-state index contributed by atoms with van der Waals surface area (Å²) in [4.78, 5) is 15.1. The minimum absolute atomic E-state index is 0.298. The molecule has 0 saturated heterocycles. The van der Waals surface area contributed by atoms with E-state index >= 15 is 0 Å². The molecule has 3 nitrogen and oxygen atoms in total. The van der Waals surface area contributed by atoms with Gasteiger partial charge in [-0.2, -0.15) is 0 Å². The first-order valence-electron chi connectivity index (χ1n) is 5.36. The van der Waals surface area contributed by atoms with Gasteiger partial charge in [0, 0.05) is 17.0 Å². The normalized spacial score (nSPS) is 10.2. The Labute approximate surface area is 99.8 Å². The summed E-state index contributed by atoms with van der Waals surface area (Å²) in [5, 5.41) is 8.82. The largest absolute Gasteiger partial charge is 0.478 e. The van der Waals surface area contributed by atoms with Crippen LogP contribution in [-0.4, -0.2) is 16.1 Å². The summed E-state index contributed by atoms with van der Waals surface area (Å²) in [6.45, 7) is 3.90. The molecule has 1 N–H and O–H groups in total. The van der Waals surface area contributed by atoms with Crippen molar-refractivity contribution < 1.29 is 9.90 Å². The Balaban J connectivity index is 2.43. The van der Waals surface area contributed by atoms with Gasteiger partial charge in [-0.25, -0.2) is 4.79 Å². The van der Waals surface area contributed by atoms with Crippen molar-refractivity contribution in [2.24, 2.45) is 0 Å². The molecular formula is C14H13NO2. The van der Waals surface area contributed by atoms with E-state index in [-0.39, 0.29) is 0 Å². The fourth-order valence-electron chi connectivity index (χ4n) is 1.78. The van der Waals surface area contributed by atoms with Gasteiger partial charge in [-0.3, -0.25) is 4.98 Å². The van der Waals surface area contributed by atoms with Crippen LogP contribution in [0.4, 0.5) is 0 Å². The van der Waals surface area contributed by atoms with Crippen LogP contribution in [0.25, 0.3) is 11.1 Å². The molecule has 86 valence electrons. The summed E-state index contributed by atoms with van der Waals surface area (Å²) in [5.41, 5.74) is 4.25. The van der Waals surface area contributed by atoms with Crippen molar-refractivity contribution in [1.82, 2.24) is 4.98 Å². The number of aromatic carboxylic acids is 1. The first kappa shape index (κ1) is 11.3. The lowest BCUT2D eigenvalue weighted by Crippen LogP contribution is -1.96. The summed E-state index contributed by atoms with van der Waals surface area (Å²) in [6.07, 6.45) is 0. The number of carboxylic acid groups (broad SMARTS) is 1. The Hall–Kier alpha value is -2.16. The highest BCUT2D eigenvalue weighted by molar-refractivity contribution is 5.88. The average Bonchev–Trinajstić information content (AvgIpc) is 2.29. The van der Waals surface area contributed by atoms with Gasteiger partial charge in [-0.05, 0) is 37.6 Å². The predicted molar refractivity (Wildman–Crippen MR) is 66.1 cm³/mol. The Kier molecular flexibility index (Phi) is 2.91. The maximum absolute atomic E-state index is 10.7. The number of carboxylic acids is 1. The lowest BCUT2D eigenvalue weighted by molar-refractivity contribution is 0.0697. The summed E-state index contributed by atoms with van der Waals surface area (Å²) < 4.78 is 0. The van der Waals surface area contributed by atoms with E-state index in [1.165, 1.54) is 0 Å². The van der Waals surface area contributed by atoms with Crippen molar-refractivity contribution >= 4 is 5.97 Å². The minimum atomic E-state index is -0.907. The number of hydrogen-bond acceptors (Lipinski definition) is 2. The molecule has 0 fully saturated rings. The quantitative estimate of drug-likeness (QED) is 0.857. The van der Waals surface area contributed by atoms with Crippen molar-refractivity contribution in [2.45, 2.75) is 13.8 Å². The first-order chi connectivity index (χ1) is 8.08. The fourth-order valence-corrected chi connectivity index (χ4v) is 1.78. The smallest absolute Gasteiger partial charge is 0.335 e. The lowest BCUT2D eigenvalue weighted by Gasteiger charge is -2.06. The molecule has 17 heavy (non-hydrogen) atoms. The number of rotatable bonds is 2. The highest BCUT2D eigenvalue weighted by Gasteiger charge is 2.05. The Morgan fingerprint density at radius 3 is 2.24 bits per heavy atom. The van der Waals surface area contributed by atoms with E-state index in [2.05, 4.69) is 4.98 Å². The zero-order chi connectivity index (χ0) is 12.4. The summed E-state index contributed by atoms with van der Waals surface area (Å²) in [6, 6.07) is 10.8. The maximum atomic E-state index is 10.7. The van der Waals surface area contributed by atoms with Crippen LogP contribution in [-0.2, 0) is 0 Å². The van der Waals surface area contributed by atoms with Crippen LogP contribution in [0.2, 0.25) is 0 Å². The Morgan fingerprint density at radius 2 is 1.71 bits per heavy atom. The molecule has 0 atom stereocenters. The molecule has 0 aliphatic heterocycles. The van der Waals surface area contributed by atoms with Gasteiger partial charge in [0.2, 0.25) is 0 Å². The van der Waals surface area contributed by atoms with Gasteiger partial charge in [0.1, 0.15) is 0 Å². The van der Waals surface area contributed by atoms with E-state index in [4.69, 9.17) is 5.11 Å². The number of nitrogens with zero attached hydrogens (tertiary/aromatic N) is 1. The zero-order valence-corrected chi connectivity index (χ0v) is 9.77. The molecule has 1 aromatic carbocycles. The summed E-state index contributed by atoms with van der Waals surface area (Å²) >= 11 is 0. The van der Waals surface area contributed by atoms with Crippen molar-refractivity contribution in [3.8, 4) is 11.1 Å². The lowest BCUT2D eigenvalue weighted by atomic mass is 10.0. The van der Waals surface area contributed by atoms with Crippen molar-refractivity contribution in [3.05, 3.63) is 53.3 Å². The molecule has 0 bridgehead atoms. The standard InChI is InChI=1S/C14H13NO2/c1-9-3-8-13(10(2)15-9)11-4-6-12(7-5-11)14(16)17/h3-8H,1-2H3,(H,16,17). The summed E-state index contributed by atoms with van der Waals surface area (Å²) in [7, 11) is 0. The van der Waals surface area contributed by atoms with Crippen LogP contribution in [0.1, 0.15) is 21.7 Å². The highest BCUT2D eigenvalue weighted by Crippen LogP contribution is 2.22. The minimum Gasteiger partial charge on any atom is -0.478 e. The van der Waals surface area contributed by atoms with Crippen LogP contribution in [0.15, 0.2) is 36.4 Å². The van der Waals surface area contributed by atoms with Gasteiger partial charge < -0.3 is 5.11 Å². The molecular weight excluding hydrogens is 214 g/mol. The molecule has 0 aliphatic carbocycles. The molecule has 0 aliphatic rings. The molecule has 1 heterocycles. The zero-order valence-electron chi connectivity index (χ0n) is 9.77. The maximum Gasteiger partial charge on any atom is 0.335 e. The third kappa shape index (κ3) is 2.33. The second-order valence-corrected chi connectivity index (χ2v) is 3.97. The summed E-state index contributed by atoms with van der Waals surface area (Å²) in [5.74, 6) is -0.907. The number of hydrogen-bond donors (Lipinski definition) is 1. The number of pyridine rings is 1. The van der Waals surface area contributed by atoms with E-state index in [9.17, 15) is 4.79 Å². The Morgan fingerprint density at radius 1 is 1.06 bits per heavy atom. The van der Waals surface area contributed by atoms with E-state index in [1.54, 1.807) is 12.1 Å². The van der Waals surface area contributed by atoms with Crippen molar-refractivity contribution in [3.63, 3.8) is 0 Å². The topological polar surface area (TPSA) is 50.2 Å². The van der Waals surface area contributed by atoms with Crippen molar-refractivity contribution in [2.75, 3.05) is 0 Å². The molecule has 2 rings (SSSR count). The number of benzene rings is 1. The van der Waals surface area contributed by atoms with Gasteiger partial charge >= 0.3 is 5.97 Å². The second-order valence-electron chi connectivity index (χ2n) is 3.97. The van der Waals surface area contributed by atoms with Crippen LogP contribution >= 0.6 is 0 Å². The first-order valence-corrected chi connectivity index (χ1v) is 5.36. The monoisotopic (exact) mass is 227 g/mol. The average molecular weight is 227 g/mol. The number of aryl methyl sites for hydroxylation is 2. The molecule has 0 radical (unpaired) electrons. The van der Waals surface area contributed by atoms with E-state index < -0.39 is 5.97 Å². The van der Waals surface area contributed by atoms with Crippen LogP contribution in [0, 0.1) is 13.8 Å². The molecule has 0 saturated carbocycles. The predicted octanol–water partition coefficient (Wildman–Crippen LogP) is 3.06. The van der Waals surface area contributed by atoms with Gasteiger partial charge in [0.25, 0.3) is 0 Å². The number of carbonyl (C=O) groups is 1. The van der Waals surface area contributed by atoms with E-state index in [1.807, 2.05) is 38.1 Å². The van der Waals surface area contributed by atoms with Gasteiger partial charge in [-0.15, -0.1) is 0 Å². The Bertz CT molecular complexity index is 559. The second kappa shape index (κ2) is 4.37. The van der Waals surface area contributed by atoms with E-state index in [0.717, 1.165) is 22.5 Å². The molecule has 0 amide bonds. The molecule has 0 unspecified atom stereocenters. The SMILES string of the molecule is Cc1ccc(-c2ccc(C(=O)O)cc2)c(C)n1. The third-order valence-corrected chi connectivity index (χ3v) is 2.67.